The lowest BCUT2D eigenvalue weighted by Gasteiger charge is -2.31. The normalized spacial score (nSPS) is 17.1. The van der Waals surface area contributed by atoms with E-state index in [1.807, 2.05) is 6.08 Å². The molecule has 0 bridgehead atoms. The molecule has 4 nitrogen and oxygen atoms in total. The van der Waals surface area contributed by atoms with Crippen LogP contribution in [0.5, 0.6) is 0 Å². The predicted molar refractivity (Wildman–Crippen MR) is 58.4 cm³/mol. The molecular weight excluding hydrogens is 192 g/mol. The first kappa shape index (κ1) is 11.8. The minimum Gasteiger partial charge on any atom is -0.327 e. The number of carbonyl (C=O) groups is 2. The number of nitrogens with zero attached hydrogens (tertiary/aromatic N) is 2. The molecule has 0 aromatic heterocycles. The zero-order valence-corrected chi connectivity index (χ0v) is 9.24. The Kier molecular flexibility index (Phi) is 4.34. The second kappa shape index (κ2) is 5.53. The lowest BCUT2D eigenvalue weighted by Crippen LogP contribution is -2.50. The Morgan fingerprint density at radius 1 is 1.40 bits per heavy atom. The number of amides is 3. The number of hydrogen-bond donors (Lipinski definition) is 0. The molecule has 1 rings (SSSR count). The van der Waals surface area contributed by atoms with E-state index in [1.54, 1.807) is 11.9 Å². The number of unbranched alkanes of at least 4 members (excludes halogenated alkanes) is 2. The van der Waals surface area contributed by atoms with Crippen molar-refractivity contribution >= 4 is 11.9 Å². The van der Waals surface area contributed by atoms with E-state index in [4.69, 9.17) is 0 Å². The Hall–Kier alpha value is -1.32. The van der Waals surface area contributed by atoms with Crippen LogP contribution in [0.1, 0.15) is 25.7 Å². The summed E-state index contributed by atoms with van der Waals surface area (Å²) in [5.41, 5.74) is 0. The quantitative estimate of drug-likeness (QED) is 0.511. The van der Waals surface area contributed by atoms with Gasteiger partial charge >= 0.3 is 6.03 Å². The van der Waals surface area contributed by atoms with Crippen molar-refractivity contribution in [2.75, 3.05) is 20.1 Å². The van der Waals surface area contributed by atoms with Gasteiger partial charge in [-0.25, -0.2) is 4.79 Å². The van der Waals surface area contributed by atoms with Crippen LogP contribution in [0.15, 0.2) is 12.7 Å². The molecule has 0 aromatic carbocycles. The minimum absolute atomic E-state index is 0.0447. The highest BCUT2D eigenvalue weighted by atomic mass is 16.2. The van der Waals surface area contributed by atoms with Crippen molar-refractivity contribution in [3.63, 3.8) is 0 Å². The van der Waals surface area contributed by atoms with Gasteiger partial charge in [-0.05, 0) is 19.3 Å². The van der Waals surface area contributed by atoms with Gasteiger partial charge in [0.2, 0.25) is 5.91 Å². The van der Waals surface area contributed by atoms with Crippen LogP contribution in [0.4, 0.5) is 4.79 Å². The van der Waals surface area contributed by atoms with Crippen molar-refractivity contribution in [2.24, 2.45) is 0 Å². The van der Waals surface area contributed by atoms with Crippen LogP contribution < -0.4 is 0 Å². The fourth-order valence-electron chi connectivity index (χ4n) is 1.59. The van der Waals surface area contributed by atoms with Crippen molar-refractivity contribution in [3.8, 4) is 0 Å². The monoisotopic (exact) mass is 210 g/mol. The molecule has 15 heavy (non-hydrogen) atoms. The molecule has 0 atom stereocenters. The molecule has 0 aromatic rings. The minimum atomic E-state index is -0.162. The number of hydrogen-bond acceptors (Lipinski definition) is 2. The van der Waals surface area contributed by atoms with Crippen molar-refractivity contribution in [3.05, 3.63) is 12.7 Å². The Labute approximate surface area is 90.5 Å². The maximum Gasteiger partial charge on any atom is 0.326 e. The van der Waals surface area contributed by atoms with E-state index >= 15 is 0 Å². The average Bonchev–Trinajstić information content (AvgIpc) is 2.23. The van der Waals surface area contributed by atoms with Crippen LogP contribution in [0.25, 0.3) is 0 Å². The molecule has 1 heterocycles. The number of rotatable bonds is 5. The van der Waals surface area contributed by atoms with Crippen LogP contribution in [0, 0.1) is 0 Å². The Balaban J connectivity index is 2.39. The largest absolute Gasteiger partial charge is 0.327 e. The SMILES string of the molecule is C=CCCCCN1C(=O)CCN(C)C1=O. The summed E-state index contributed by atoms with van der Waals surface area (Å²) in [5.74, 6) is -0.0447. The fourth-order valence-corrected chi connectivity index (χ4v) is 1.59. The molecule has 1 aliphatic heterocycles. The summed E-state index contributed by atoms with van der Waals surface area (Å²) < 4.78 is 0. The van der Waals surface area contributed by atoms with Gasteiger partial charge in [0.1, 0.15) is 0 Å². The molecule has 3 amide bonds. The Bertz CT molecular complexity index is 263. The van der Waals surface area contributed by atoms with Gasteiger partial charge in [0, 0.05) is 26.6 Å². The van der Waals surface area contributed by atoms with Crippen molar-refractivity contribution < 1.29 is 9.59 Å². The standard InChI is InChI=1S/C11H18N2O2/c1-3-4-5-6-8-13-10(14)7-9-12(2)11(13)15/h3H,1,4-9H2,2H3. The highest BCUT2D eigenvalue weighted by Crippen LogP contribution is 2.10. The number of imide groups is 1. The van der Waals surface area contributed by atoms with Gasteiger partial charge in [0.05, 0.1) is 0 Å². The number of urea groups is 1. The first-order valence-corrected chi connectivity index (χ1v) is 5.33. The Morgan fingerprint density at radius 2 is 2.13 bits per heavy atom. The summed E-state index contributed by atoms with van der Waals surface area (Å²) >= 11 is 0. The molecule has 0 N–H and O–H groups in total. The summed E-state index contributed by atoms with van der Waals surface area (Å²) in [4.78, 5) is 26.0. The first-order valence-electron chi connectivity index (χ1n) is 5.33. The summed E-state index contributed by atoms with van der Waals surface area (Å²) in [6, 6.07) is -0.162. The molecule has 0 aliphatic carbocycles. The van der Waals surface area contributed by atoms with E-state index in [9.17, 15) is 9.59 Å². The van der Waals surface area contributed by atoms with Crippen LogP contribution in [0.2, 0.25) is 0 Å². The smallest absolute Gasteiger partial charge is 0.326 e. The number of allylic oxidation sites excluding steroid dienone is 1. The fraction of sp³-hybridized carbons (Fsp3) is 0.636. The van der Waals surface area contributed by atoms with E-state index < -0.39 is 0 Å². The van der Waals surface area contributed by atoms with Crippen LogP contribution in [-0.4, -0.2) is 41.9 Å². The summed E-state index contributed by atoms with van der Waals surface area (Å²) in [6.45, 7) is 4.71. The molecule has 0 spiro atoms. The third-order valence-corrected chi connectivity index (χ3v) is 2.56. The molecule has 0 saturated carbocycles. The van der Waals surface area contributed by atoms with Crippen LogP contribution in [0.3, 0.4) is 0 Å². The molecular formula is C11H18N2O2. The predicted octanol–water partition coefficient (Wildman–Crippen LogP) is 1.63. The molecule has 84 valence electrons. The van der Waals surface area contributed by atoms with E-state index in [0.29, 0.717) is 19.5 Å². The van der Waals surface area contributed by atoms with E-state index in [-0.39, 0.29) is 11.9 Å². The van der Waals surface area contributed by atoms with Crippen LogP contribution >= 0.6 is 0 Å². The summed E-state index contributed by atoms with van der Waals surface area (Å²) in [7, 11) is 1.73. The zero-order valence-electron chi connectivity index (χ0n) is 9.24. The van der Waals surface area contributed by atoms with Gasteiger partial charge in [-0.3, -0.25) is 9.69 Å². The molecule has 4 heteroatoms. The van der Waals surface area contributed by atoms with Crippen LogP contribution in [-0.2, 0) is 4.79 Å². The maximum absolute atomic E-state index is 11.6. The second-order valence-electron chi connectivity index (χ2n) is 3.78. The molecule has 1 fully saturated rings. The molecule has 0 radical (unpaired) electrons. The van der Waals surface area contributed by atoms with Crippen molar-refractivity contribution in [1.82, 2.24) is 9.80 Å². The number of carbonyl (C=O) groups excluding carboxylic acids is 2. The maximum atomic E-state index is 11.6. The van der Waals surface area contributed by atoms with Gasteiger partial charge < -0.3 is 4.90 Å². The van der Waals surface area contributed by atoms with E-state index in [1.165, 1.54) is 4.90 Å². The lowest BCUT2D eigenvalue weighted by atomic mass is 10.2. The topological polar surface area (TPSA) is 40.6 Å². The van der Waals surface area contributed by atoms with Gasteiger partial charge in [0.25, 0.3) is 0 Å². The van der Waals surface area contributed by atoms with Gasteiger partial charge in [-0.2, -0.15) is 0 Å². The third-order valence-electron chi connectivity index (χ3n) is 2.56. The Morgan fingerprint density at radius 3 is 2.80 bits per heavy atom. The van der Waals surface area contributed by atoms with Gasteiger partial charge in [0.15, 0.2) is 0 Å². The molecule has 1 aliphatic rings. The van der Waals surface area contributed by atoms with E-state index in [2.05, 4.69) is 6.58 Å². The van der Waals surface area contributed by atoms with E-state index in [0.717, 1.165) is 19.3 Å². The summed E-state index contributed by atoms with van der Waals surface area (Å²) in [6.07, 6.45) is 5.07. The molecule has 0 unspecified atom stereocenters. The summed E-state index contributed by atoms with van der Waals surface area (Å²) in [5, 5.41) is 0. The highest BCUT2D eigenvalue weighted by molar-refractivity contribution is 5.96. The van der Waals surface area contributed by atoms with Crippen molar-refractivity contribution in [1.29, 1.82) is 0 Å². The zero-order chi connectivity index (χ0) is 11.3. The van der Waals surface area contributed by atoms with Gasteiger partial charge in [-0.15, -0.1) is 6.58 Å². The average molecular weight is 210 g/mol. The highest BCUT2D eigenvalue weighted by Gasteiger charge is 2.28. The second-order valence-corrected chi connectivity index (χ2v) is 3.78. The first-order chi connectivity index (χ1) is 7.16. The third kappa shape index (κ3) is 3.08. The molecule has 1 saturated heterocycles. The van der Waals surface area contributed by atoms with Crippen molar-refractivity contribution in [2.45, 2.75) is 25.7 Å². The lowest BCUT2D eigenvalue weighted by molar-refractivity contribution is -0.130. The van der Waals surface area contributed by atoms with Gasteiger partial charge in [-0.1, -0.05) is 6.08 Å².